The van der Waals surface area contributed by atoms with Gasteiger partial charge in [-0.1, -0.05) is 0 Å². The van der Waals surface area contributed by atoms with E-state index in [9.17, 15) is 26.4 Å². The molecule has 0 unspecified atom stereocenters. The number of halogens is 3. The van der Waals surface area contributed by atoms with Crippen LogP contribution in [0.1, 0.15) is 10.4 Å². The van der Waals surface area contributed by atoms with Crippen LogP contribution in [0.4, 0.5) is 24.5 Å². The molecule has 1 N–H and O–H groups in total. The topological polar surface area (TPSA) is 88.2 Å². The van der Waals surface area contributed by atoms with Crippen molar-refractivity contribution < 1.29 is 35.9 Å². The van der Waals surface area contributed by atoms with Gasteiger partial charge in [-0.25, -0.2) is 21.6 Å². The molecule has 2 fully saturated rings. The Morgan fingerprint density at radius 1 is 0.879 bits per heavy atom. The number of hydrogen-bond donors (Lipinski definition) is 1. The molecule has 33 heavy (non-hydrogen) atoms. The van der Waals surface area contributed by atoms with Gasteiger partial charge in [-0.2, -0.15) is 4.31 Å². The van der Waals surface area contributed by atoms with Crippen molar-refractivity contribution in [3.8, 4) is 0 Å². The lowest BCUT2D eigenvalue weighted by atomic mass is 10.1. The van der Waals surface area contributed by atoms with E-state index >= 15 is 0 Å². The summed E-state index contributed by atoms with van der Waals surface area (Å²) in [5.41, 5.74) is -0.191. The fourth-order valence-electron chi connectivity index (χ4n) is 3.69. The Morgan fingerprint density at radius 2 is 1.52 bits per heavy atom. The summed E-state index contributed by atoms with van der Waals surface area (Å²) in [6.07, 6.45) is 0. The smallest absolute Gasteiger partial charge is 0.257 e. The van der Waals surface area contributed by atoms with Gasteiger partial charge in [-0.3, -0.25) is 4.79 Å². The number of sulfonamides is 1. The van der Waals surface area contributed by atoms with Gasteiger partial charge in [0.05, 0.1) is 42.6 Å². The van der Waals surface area contributed by atoms with Crippen LogP contribution < -0.4 is 10.2 Å². The molecule has 8 nitrogen and oxygen atoms in total. The van der Waals surface area contributed by atoms with E-state index in [-0.39, 0.29) is 36.8 Å². The number of hydrogen-bond acceptors (Lipinski definition) is 6. The standard InChI is InChI=1S/C21H22F3N3O5S/c22-16-2-3-17(20(24)19(16)23)25-21(28)15-13-14(33(29,30)27-7-11-32-12-8-27)1-4-18(15)26-5-9-31-10-6-26/h1-4,13H,5-12H2,(H,25,28). The van der Waals surface area contributed by atoms with E-state index in [1.165, 1.54) is 22.5 Å². The first-order valence-corrected chi connectivity index (χ1v) is 11.7. The molecule has 4 rings (SSSR count). The van der Waals surface area contributed by atoms with Crippen molar-refractivity contribution in [2.75, 3.05) is 62.8 Å². The molecule has 2 aromatic rings. The Hall–Kier alpha value is -2.67. The third-order valence-electron chi connectivity index (χ3n) is 5.46. The molecule has 2 aromatic carbocycles. The maximum atomic E-state index is 14.1. The zero-order valence-electron chi connectivity index (χ0n) is 17.5. The lowest BCUT2D eigenvalue weighted by Gasteiger charge is -2.31. The van der Waals surface area contributed by atoms with Crippen LogP contribution >= 0.6 is 0 Å². The first-order chi connectivity index (χ1) is 15.8. The third kappa shape index (κ3) is 4.83. The number of amides is 1. The van der Waals surface area contributed by atoms with Crippen LogP contribution in [0, 0.1) is 17.5 Å². The van der Waals surface area contributed by atoms with E-state index < -0.39 is 39.1 Å². The molecule has 0 radical (unpaired) electrons. The van der Waals surface area contributed by atoms with Crippen LogP contribution in [0.15, 0.2) is 35.2 Å². The fourth-order valence-corrected chi connectivity index (χ4v) is 5.12. The molecule has 0 atom stereocenters. The number of morpholine rings is 2. The average Bonchev–Trinajstić information content (AvgIpc) is 2.85. The molecular formula is C21H22F3N3O5S. The molecule has 0 saturated carbocycles. The van der Waals surface area contributed by atoms with Crippen LogP contribution in [-0.2, 0) is 19.5 Å². The van der Waals surface area contributed by atoms with Gasteiger partial charge >= 0.3 is 0 Å². The van der Waals surface area contributed by atoms with Crippen molar-refractivity contribution in [1.82, 2.24) is 4.31 Å². The highest BCUT2D eigenvalue weighted by Gasteiger charge is 2.29. The van der Waals surface area contributed by atoms with Crippen molar-refractivity contribution >= 4 is 27.3 Å². The van der Waals surface area contributed by atoms with Gasteiger partial charge in [0.1, 0.15) is 0 Å². The minimum absolute atomic E-state index is 0.0460. The summed E-state index contributed by atoms with van der Waals surface area (Å²) in [4.78, 5) is 14.8. The monoisotopic (exact) mass is 485 g/mol. The van der Waals surface area contributed by atoms with Gasteiger partial charge in [-0.15, -0.1) is 0 Å². The van der Waals surface area contributed by atoms with Gasteiger partial charge in [0.2, 0.25) is 10.0 Å². The lowest BCUT2D eigenvalue weighted by Crippen LogP contribution is -2.41. The second-order valence-electron chi connectivity index (χ2n) is 7.47. The van der Waals surface area contributed by atoms with Gasteiger partial charge in [0.15, 0.2) is 17.5 Å². The van der Waals surface area contributed by atoms with Gasteiger partial charge in [-0.05, 0) is 30.3 Å². The highest BCUT2D eigenvalue weighted by atomic mass is 32.2. The predicted molar refractivity (Wildman–Crippen MR) is 113 cm³/mol. The molecule has 2 heterocycles. The number of carbonyl (C=O) groups excluding carboxylic acids is 1. The first-order valence-electron chi connectivity index (χ1n) is 10.3. The normalized spacial score (nSPS) is 17.7. The Labute approximate surface area is 188 Å². The highest BCUT2D eigenvalue weighted by molar-refractivity contribution is 7.89. The van der Waals surface area contributed by atoms with E-state index in [0.29, 0.717) is 38.1 Å². The fraction of sp³-hybridized carbons (Fsp3) is 0.381. The predicted octanol–water partition coefficient (Wildman–Crippen LogP) is 2.21. The van der Waals surface area contributed by atoms with E-state index in [0.717, 1.165) is 6.07 Å². The van der Waals surface area contributed by atoms with E-state index in [2.05, 4.69) is 5.32 Å². The largest absolute Gasteiger partial charge is 0.379 e. The highest BCUT2D eigenvalue weighted by Crippen LogP contribution is 2.29. The van der Waals surface area contributed by atoms with Crippen molar-refractivity contribution in [1.29, 1.82) is 0 Å². The van der Waals surface area contributed by atoms with Gasteiger partial charge in [0.25, 0.3) is 5.91 Å². The summed E-state index contributed by atoms with van der Waals surface area (Å²) >= 11 is 0. The SMILES string of the molecule is O=C(Nc1ccc(F)c(F)c1F)c1cc(S(=O)(=O)N2CCOCC2)ccc1N1CCOCC1. The van der Waals surface area contributed by atoms with Crippen LogP contribution in [0.3, 0.4) is 0 Å². The summed E-state index contributed by atoms with van der Waals surface area (Å²) in [6.45, 7) is 2.59. The van der Waals surface area contributed by atoms with E-state index in [1.54, 1.807) is 0 Å². The lowest BCUT2D eigenvalue weighted by molar-refractivity contribution is 0.0730. The van der Waals surface area contributed by atoms with Crippen molar-refractivity contribution in [3.05, 3.63) is 53.3 Å². The second kappa shape index (κ2) is 9.67. The van der Waals surface area contributed by atoms with E-state index in [4.69, 9.17) is 9.47 Å². The molecule has 1 amide bonds. The summed E-state index contributed by atoms with van der Waals surface area (Å²) in [7, 11) is -3.91. The quantitative estimate of drug-likeness (QED) is 0.654. The Balaban J connectivity index is 1.72. The second-order valence-corrected chi connectivity index (χ2v) is 9.41. The zero-order chi connectivity index (χ0) is 23.6. The number of ether oxygens (including phenoxy) is 2. The van der Waals surface area contributed by atoms with Gasteiger partial charge in [0, 0.05) is 31.9 Å². The first kappa shape index (κ1) is 23.5. The molecular weight excluding hydrogens is 463 g/mol. The number of nitrogens with one attached hydrogen (secondary N) is 1. The summed E-state index contributed by atoms with van der Waals surface area (Å²) in [6, 6.07) is 5.72. The molecule has 12 heteroatoms. The number of nitrogens with zero attached hydrogens (tertiary/aromatic N) is 2. The Kier molecular flexibility index (Phi) is 6.88. The molecule has 0 aromatic heterocycles. The summed E-state index contributed by atoms with van der Waals surface area (Å²) < 4.78 is 79.0. The van der Waals surface area contributed by atoms with Crippen LogP contribution in [-0.4, -0.2) is 71.2 Å². The van der Waals surface area contributed by atoms with Crippen molar-refractivity contribution in [2.45, 2.75) is 4.90 Å². The van der Waals surface area contributed by atoms with Gasteiger partial charge < -0.3 is 19.7 Å². The minimum Gasteiger partial charge on any atom is -0.379 e. The molecule has 0 bridgehead atoms. The van der Waals surface area contributed by atoms with Crippen LogP contribution in [0.25, 0.3) is 0 Å². The molecule has 178 valence electrons. The van der Waals surface area contributed by atoms with Crippen LogP contribution in [0.2, 0.25) is 0 Å². The Bertz CT molecular complexity index is 1150. The maximum absolute atomic E-state index is 14.1. The maximum Gasteiger partial charge on any atom is 0.257 e. The molecule has 0 aliphatic carbocycles. The van der Waals surface area contributed by atoms with Crippen LogP contribution in [0.5, 0.6) is 0 Å². The Morgan fingerprint density at radius 3 is 2.18 bits per heavy atom. The minimum atomic E-state index is -3.91. The van der Waals surface area contributed by atoms with Crippen molar-refractivity contribution in [2.24, 2.45) is 0 Å². The third-order valence-corrected chi connectivity index (χ3v) is 7.35. The number of benzene rings is 2. The van der Waals surface area contributed by atoms with Crippen molar-refractivity contribution in [3.63, 3.8) is 0 Å². The summed E-state index contributed by atoms with van der Waals surface area (Å²) in [5.74, 6) is -5.52. The molecule has 2 aliphatic heterocycles. The van der Waals surface area contributed by atoms with E-state index in [1.807, 2.05) is 4.90 Å². The molecule has 0 spiro atoms. The number of rotatable bonds is 5. The zero-order valence-corrected chi connectivity index (χ0v) is 18.3. The molecule has 2 aliphatic rings. The number of anilines is 2. The molecule has 2 saturated heterocycles. The number of carbonyl (C=O) groups is 1. The summed E-state index contributed by atoms with van der Waals surface area (Å²) in [5, 5.41) is 2.23. The average molecular weight is 485 g/mol.